The summed E-state index contributed by atoms with van der Waals surface area (Å²) in [7, 11) is 0. The Morgan fingerprint density at radius 1 is 1.38 bits per heavy atom. The molecular formula is C11H15BrN2OS. The maximum Gasteiger partial charge on any atom is 0.195 e. The molecule has 3 nitrogen and oxygen atoms in total. The molecular weight excluding hydrogens is 288 g/mol. The number of unbranched alkanes of at least 4 members (excludes halogenated alkanes) is 1. The molecule has 0 bridgehead atoms. The summed E-state index contributed by atoms with van der Waals surface area (Å²) in [5.41, 5.74) is 3.62. The van der Waals surface area contributed by atoms with E-state index in [2.05, 4.69) is 33.7 Å². The van der Waals surface area contributed by atoms with Crippen LogP contribution in [0.25, 0.3) is 0 Å². The molecule has 0 aliphatic carbocycles. The summed E-state index contributed by atoms with van der Waals surface area (Å²) in [6, 6.07) is 7.76. The zero-order chi connectivity index (χ0) is 11.8. The number of thiocarbonyl (C=S) groups is 1. The first-order chi connectivity index (χ1) is 7.72. The van der Waals surface area contributed by atoms with Crippen molar-refractivity contribution in [2.24, 2.45) is 0 Å². The van der Waals surface area contributed by atoms with Gasteiger partial charge in [-0.15, -0.1) is 0 Å². The average molecular weight is 303 g/mol. The summed E-state index contributed by atoms with van der Waals surface area (Å²) in [6.45, 7) is 2.78. The lowest BCUT2D eigenvalue weighted by atomic mass is 10.3. The van der Waals surface area contributed by atoms with Crippen molar-refractivity contribution >= 4 is 38.9 Å². The van der Waals surface area contributed by atoms with Gasteiger partial charge in [0.15, 0.2) is 5.11 Å². The van der Waals surface area contributed by atoms with E-state index in [-0.39, 0.29) is 0 Å². The number of hydrogen-bond acceptors (Lipinski definition) is 2. The minimum Gasteiger partial charge on any atom is -0.331 e. The van der Waals surface area contributed by atoms with E-state index < -0.39 is 0 Å². The fraction of sp³-hybridized carbons (Fsp3) is 0.364. The number of hydroxylamine groups is 1. The number of nitrogens with one attached hydrogen (secondary N) is 2. The molecule has 0 amide bonds. The van der Waals surface area contributed by atoms with Crippen LogP contribution in [0.1, 0.15) is 19.8 Å². The SMILES string of the molecule is CCCCONC(=S)Nc1ccc(Br)cc1. The van der Waals surface area contributed by atoms with Crippen molar-refractivity contribution in [2.75, 3.05) is 11.9 Å². The maximum atomic E-state index is 5.17. The van der Waals surface area contributed by atoms with Crippen LogP contribution in [-0.2, 0) is 4.84 Å². The fourth-order valence-corrected chi connectivity index (χ4v) is 1.46. The van der Waals surface area contributed by atoms with Crippen molar-refractivity contribution < 1.29 is 4.84 Å². The molecule has 0 heterocycles. The van der Waals surface area contributed by atoms with E-state index >= 15 is 0 Å². The van der Waals surface area contributed by atoms with Crippen molar-refractivity contribution in [3.05, 3.63) is 28.7 Å². The zero-order valence-electron chi connectivity index (χ0n) is 9.13. The van der Waals surface area contributed by atoms with Crippen molar-refractivity contribution in [3.63, 3.8) is 0 Å². The van der Waals surface area contributed by atoms with E-state index in [1.807, 2.05) is 24.3 Å². The molecule has 0 saturated heterocycles. The number of halogens is 1. The van der Waals surface area contributed by atoms with E-state index in [1.54, 1.807) is 0 Å². The third kappa shape index (κ3) is 5.44. The quantitative estimate of drug-likeness (QED) is 0.496. The average Bonchev–Trinajstić information content (AvgIpc) is 2.28. The highest BCUT2D eigenvalue weighted by atomic mass is 79.9. The van der Waals surface area contributed by atoms with Gasteiger partial charge in [0.1, 0.15) is 0 Å². The Balaban J connectivity index is 2.26. The summed E-state index contributed by atoms with van der Waals surface area (Å²) >= 11 is 8.43. The molecule has 0 spiro atoms. The van der Waals surface area contributed by atoms with E-state index in [1.165, 1.54) is 0 Å². The van der Waals surface area contributed by atoms with Crippen LogP contribution in [0.5, 0.6) is 0 Å². The lowest BCUT2D eigenvalue weighted by Gasteiger charge is -2.10. The van der Waals surface area contributed by atoms with Crippen molar-refractivity contribution in [1.29, 1.82) is 0 Å². The van der Waals surface area contributed by atoms with E-state index in [9.17, 15) is 0 Å². The predicted molar refractivity (Wildman–Crippen MR) is 74.4 cm³/mol. The molecule has 2 N–H and O–H groups in total. The second-order valence-electron chi connectivity index (χ2n) is 3.27. The second kappa shape index (κ2) is 7.60. The van der Waals surface area contributed by atoms with Crippen molar-refractivity contribution in [2.45, 2.75) is 19.8 Å². The van der Waals surface area contributed by atoms with Gasteiger partial charge in [-0.2, -0.15) is 0 Å². The van der Waals surface area contributed by atoms with Crippen molar-refractivity contribution in [1.82, 2.24) is 5.48 Å². The first-order valence-corrected chi connectivity index (χ1v) is 6.37. The molecule has 0 aliphatic heterocycles. The first kappa shape index (κ1) is 13.4. The highest BCUT2D eigenvalue weighted by Gasteiger charge is 1.96. The molecule has 16 heavy (non-hydrogen) atoms. The summed E-state index contributed by atoms with van der Waals surface area (Å²) in [6.07, 6.45) is 2.13. The molecule has 0 aromatic heterocycles. The summed E-state index contributed by atoms with van der Waals surface area (Å²) in [4.78, 5) is 5.17. The maximum absolute atomic E-state index is 5.17. The number of anilines is 1. The number of hydrogen-bond donors (Lipinski definition) is 2. The summed E-state index contributed by atoms with van der Waals surface area (Å²) in [5.74, 6) is 0. The van der Waals surface area contributed by atoms with Crippen LogP contribution < -0.4 is 10.8 Å². The third-order valence-electron chi connectivity index (χ3n) is 1.87. The van der Waals surface area contributed by atoms with Gasteiger partial charge in [-0.05, 0) is 42.9 Å². The number of benzene rings is 1. The van der Waals surface area contributed by atoms with Gasteiger partial charge in [0.2, 0.25) is 0 Å². The molecule has 0 saturated carbocycles. The Hall–Kier alpha value is -0.650. The Morgan fingerprint density at radius 2 is 2.06 bits per heavy atom. The van der Waals surface area contributed by atoms with Gasteiger partial charge < -0.3 is 5.32 Å². The summed E-state index contributed by atoms with van der Waals surface area (Å²) in [5, 5.41) is 3.49. The van der Waals surface area contributed by atoms with Crippen LogP contribution in [-0.4, -0.2) is 11.7 Å². The van der Waals surface area contributed by atoms with Crippen LogP contribution in [0.15, 0.2) is 28.7 Å². The van der Waals surface area contributed by atoms with Crippen LogP contribution in [0.2, 0.25) is 0 Å². The van der Waals surface area contributed by atoms with E-state index in [0.717, 1.165) is 23.0 Å². The molecule has 0 fully saturated rings. The van der Waals surface area contributed by atoms with Crippen LogP contribution in [0.4, 0.5) is 5.69 Å². The molecule has 1 aromatic rings. The van der Waals surface area contributed by atoms with Gasteiger partial charge in [0.05, 0.1) is 6.61 Å². The normalized spacial score (nSPS) is 9.88. The molecule has 0 aliphatic rings. The minimum atomic E-state index is 0.471. The zero-order valence-corrected chi connectivity index (χ0v) is 11.5. The van der Waals surface area contributed by atoms with Gasteiger partial charge >= 0.3 is 0 Å². The van der Waals surface area contributed by atoms with E-state index in [4.69, 9.17) is 17.1 Å². The monoisotopic (exact) mass is 302 g/mol. The molecule has 0 atom stereocenters. The standard InChI is InChI=1S/C11H15BrN2OS/c1-2-3-8-15-14-11(16)13-10-6-4-9(12)5-7-10/h4-7H,2-3,8H2,1H3,(H2,13,14,16). The molecule has 1 aromatic carbocycles. The van der Waals surface area contributed by atoms with Crippen molar-refractivity contribution in [3.8, 4) is 0 Å². The topological polar surface area (TPSA) is 33.3 Å². The molecule has 0 unspecified atom stereocenters. The predicted octanol–water partition coefficient (Wildman–Crippen LogP) is 3.47. The Kier molecular flexibility index (Phi) is 6.37. The highest BCUT2D eigenvalue weighted by molar-refractivity contribution is 9.10. The highest BCUT2D eigenvalue weighted by Crippen LogP contribution is 2.13. The Labute approximate surface area is 110 Å². The number of rotatable bonds is 5. The van der Waals surface area contributed by atoms with Gasteiger partial charge in [0.25, 0.3) is 0 Å². The fourth-order valence-electron chi connectivity index (χ4n) is 1.02. The lowest BCUT2D eigenvalue weighted by Crippen LogP contribution is -2.28. The first-order valence-electron chi connectivity index (χ1n) is 5.16. The Morgan fingerprint density at radius 3 is 2.69 bits per heavy atom. The molecule has 0 radical (unpaired) electrons. The third-order valence-corrected chi connectivity index (χ3v) is 2.58. The van der Waals surface area contributed by atoms with E-state index in [0.29, 0.717) is 11.7 Å². The van der Waals surface area contributed by atoms with Crippen LogP contribution in [0, 0.1) is 0 Å². The second-order valence-corrected chi connectivity index (χ2v) is 4.59. The molecule has 88 valence electrons. The van der Waals surface area contributed by atoms with Gasteiger partial charge in [-0.25, -0.2) is 5.48 Å². The largest absolute Gasteiger partial charge is 0.331 e. The van der Waals surface area contributed by atoms with Gasteiger partial charge in [-0.1, -0.05) is 29.3 Å². The smallest absolute Gasteiger partial charge is 0.195 e. The summed E-state index contributed by atoms with van der Waals surface area (Å²) < 4.78 is 1.04. The Bertz CT molecular complexity index is 329. The van der Waals surface area contributed by atoms with Crippen LogP contribution in [0.3, 0.4) is 0 Å². The lowest BCUT2D eigenvalue weighted by molar-refractivity contribution is 0.0842. The minimum absolute atomic E-state index is 0.471. The molecule has 1 rings (SSSR count). The molecule has 5 heteroatoms. The van der Waals surface area contributed by atoms with Crippen LogP contribution >= 0.6 is 28.1 Å². The van der Waals surface area contributed by atoms with Gasteiger partial charge in [-0.3, -0.25) is 4.84 Å². The van der Waals surface area contributed by atoms with Gasteiger partial charge in [0, 0.05) is 10.2 Å².